The van der Waals surface area contributed by atoms with Crippen molar-refractivity contribution in [3.8, 4) is 5.75 Å². The summed E-state index contributed by atoms with van der Waals surface area (Å²) >= 11 is 0. The maximum absolute atomic E-state index is 10.2. The third kappa shape index (κ3) is 4.24. The fourth-order valence-corrected chi connectivity index (χ4v) is 2.10. The van der Waals surface area contributed by atoms with Crippen LogP contribution in [0.3, 0.4) is 0 Å². The summed E-state index contributed by atoms with van der Waals surface area (Å²) < 4.78 is 10.6. The molecule has 0 unspecified atom stereocenters. The van der Waals surface area contributed by atoms with Crippen LogP contribution in [-0.4, -0.2) is 62.7 Å². The summed E-state index contributed by atoms with van der Waals surface area (Å²) in [6, 6.07) is 6.11. The van der Waals surface area contributed by atoms with Gasteiger partial charge in [-0.15, -0.1) is 0 Å². The van der Waals surface area contributed by atoms with Crippen LogP contribution in [0.5, 0.6) is 5.75 Å². The highest BCUT2D eigenvalue weighted by Crippen LogP contribution is 2.24. The van der Waals surface area contributed by atoms with Gasteiger partial charge < -0.3 is 29.9 Å². The monoisotopic (exact) mass is 327 g/mol. The average molecular weight is 327 g/mol. The zero-order valence-electron chi connectivity index (χ0n) is 11.9. The molecule has 0 aromatic heterocycles. The van der Waals surface area contributed by atoms with Gasteiger partial charge in [-0.1, -0.05) is 12.1 Å². The Morgan fingerprint density at radius 3 is 2.39 bits per heavy atom. The van der Waals surface area contributed by atoms with Gasteiger partial charge >= 0.3 is 0 Å². The number of benzene rings is 1. The molecule has 1 heterocycles. The van der Waals surface area contributed by atoms with Crippen molar-refractivity contribution in [2.24, 2.45) is 0 Å². The Balaban J connectivity index is 2.04. The average Bonchev–Trinajstić information content (AvgIpc) is 2.54. The summed E-state index contributed by atoms with van der Waals surface area (Å²) in [5, 5.41) is 48.5. The number of aliphatic hydroxyl groups is 4. The third-order valence-corrected chi connectivity index (χ3v) is 3.37. The van der Waals surface area contributed by atoms with E-state index in [0.717, 1.165) is 6.20 Å². The topological polar surface area (TPSA) is 143 Å². The van der Waals surface area contributed by atoms with E-state index in [1.807, 2.05) is 0 Å². The first-order chi connectivity index (χ1) is 10.9. The summed E-state index contributed by atoms with van der Waals surface area (Å²) in [4.78, 5) is 9.66. The second-order valence-corrected chi connectivity index (χ2v) is 4.99. The molecule has 1 aromatic rings. The standard InChI is InChI=1S/C14H17NO8/c16-7-10-11(17)12(18)13(19)14(23-10)22-9-3-1-8(2-4-9)5-6-15(20)21/h1-6,10-14,16-19H,7H2/t10-,11+,12+,13-,14-/m1/s1. The Morgan fingerprint density at radius 1 is 1.17 bits per heavy atom. The van der Waals surface area contributed by atoms with Crippen LogP contribution in [0.15, 0.2) is 30.5 Å². The van der Waals surface area contributed by atoms with E-state index in [-0.39, 0.29) is 5.75 Å². The molecule has 2 rings (SSSR count). The lowest BCUT2D eigenvalue weighted by Gasteiger charge is -2.39. The highest BCUT2D eigenvalue weighted by atomic mass is 16.7. The summed E-state index contributed by atoms with van der Waals surface area (Å²) in [6.45, 7) is -0.546. The van der Waals surface area contributed by atoms with Gasteiger partial charge in [0.15, 0.2) is 0 Å². The van der Waals surface area contributed by atoms with E-state index in [9.17, 15) is 25.4 Å². The maximum Gasteiger partial charge on any atom is 0.235 e. The molecular formula is C14H17NO8. The van der Waals surface area contributed by atoms with Crippen molar-refractivity contribution < 1.29 is 34.8 Å². The van der Waals surface area contributed by atoms with Crippen molar-refractivity contribution in [2.75, 3.05) is 6.61 Å². The van der Waals surface area contributed by atoms with Crippen LogP contribution >= 0.6 is 0 Å². The zero-order chi connectivity index (χ0) is 17.0. The van der Waals surface area contributed by atoms with Crippen LogP contribution in [0.1, 0.15) is 5.56 Å². The van der Waals surface area contributed by atoms with Crippen molar-refractivity contribution in [1.82, 2.24) is 0 Å². The number of nitro groups is 1. The first-order valence-corrected chi connectivity index (χ1v) is 6.81. The van der Waals surface area contributed by atoms with Crippen molar-refractivity contribution in [1.29, 1.82) is 0 Å². The van der Waals surface area contributed by atoms with Crippen LogP contribution in [0, 0.1) is 10.1 Å². The summed E-state index contributed by atoms with van der Waals surface area (Å²) in [5.41, 5.74) is 0.572. The molecule has 126 valence electrons. The van der Waals surface area contributed by atoms with E-state index < -0.39 is 42.2 Å². The van der Waals surface area contributed by atoms with Gasteiger partial charge in [0.2, 0.25) is 12.5 Å². The van der Waals surface area contributed by atoms with E-state index in [1.165, 1.54) is 18.2 Å². The Hall–Kier alpha value is -2.04. The quantitative estimate of drug-likeness (QED) is 0.403. The fraction of sp³-hybridized carbons (Fsp3) is 0.429. The van der Waals surface area contributed by atoms with Crippen LogP contribution in [0.2, 0.25) is 0 Å². The molecule has 0 radical (unpaired) electrons. The minimum absolute atomic E-state index is 0.285. The van der Waals surface area contributed by atoms with Gasteiger partial charge in [-0.2, -0.15) is 0 Å². The smallest absolute Gasteiger partial charge is 0.235 e. The van der Waals surface area contributed by atoms with Gasteiger partial charge in [-0.3, -0.25) is 10.1 Å². The van der Waals surface area contributed by atoms with Gasteiger partial charge in [0.1, 0.15) is 30.2 Å². The van der Waals surface area contributed by atoms with E-state index in [1.54, 1.807) is 12.1 Å². The molecule has 4 N–H and O–H groups in total. The van der Waals surface area contributed by atoms with Crippen LogP contribution in [0.25, 0.3) is 6.08 Å². The molecule has 0 saturated carbocycles. The Kier molecular flexibility index (Phi) is 5.64. The normalized spacial score (nSPS) is 31.2. The molecule has 0 aliphatic carbocycles. The predicted octanol–water partition coefficient (Wildman–Crippen LogP) is -0.887. The lowest BCUT2D eigenvalue weighted by molar-refractivity contribution is -0.400. The summed E-state index contributed by atoms with van der Waals surface area (Å²) in [6.07, 6.45) is -4.70. The maximum atomic E-state index is 10.2. The first-order valence-electron chi connectivity index (χ1n) is 6.81. The zero-order valence-corrected chi connectivity index (χ0v) is 11.9. The number of ether oxygens (including phenoxy) is 2. The number of nitrogens with zero attached hydrogens (tertiary/aromatic N) is 1. The molecule has 0 spiro atoms. The lowest BCUT2D eigenvalue weighted by Crippen LogP contribution is -2.60. The Morgan fingerprint density at radius 2 is 1.83 bits per heavy atom. The lowest BCUT2D eigenvalue weighted by atomic mass is 9.99. The van der Waals surface area contributed by atoms with E-state index in [4.69, 9.17) is 14.6 Å². The molecule has 1 aromatic carbocycles. The second-order valence-electron chi connectivity index (χ2n) is 4.99. The van der Waals surface area contributed by atoms with Crippen LogP contribution in [0.4, 0.5) is 0 Å². The van der Waals surface area contributed by atoms with Crippen molar-refractivity contribution in [3.63, 3.8) is 0 Å². The van der Waals surface area contributed by atoms with Crippen molar-refractivity contribution >= 4 is 6.08 Å². The number of hydrogen-bond donors (Lipinski definition) is 4. The molecule has 5 atom stereocenters. The minimum Gasteiger partial charge on any atom is -0.462 e. The van der Waals surface area contributed by atoms with Gasteiger partial charge in [0.05, 0.1) is 11.5 Å². The second kappa shape index (κ2) is 7.49. The molecular weight excluding hydrogens is 310 g/mol. The molecule has 1 saturated heterocycles. The highest BCUT2D eigenvalue weighted by Gasteiger charge is 2.44. The summed E-state index contributed by atoms with van der Waals surface area (Å²) in [7, 11) is 0. The number of hydrogen-bond acceptors (Lipinski definition) is 8. The number of rotatable bonds is 5. The van der Waals surface area contributed by atoms with Gasteiger partial charge in [0, 0.05) is 6.08 Å². The molecule has 9 heteroatoms. The molecule has 1 aliphatic heterocycles. The van der Waals surface area contributed by atoms with Gasteiger partial charge in [0.25, 0.3) is 0 Å². The fourth-order valence-electron chi connectivity index (χ4n) is 2.10. The van der Waals surface area contributed by atoms with E-state index in [0.29, 0.717) is 5.56 Å². The minimum atomic E-state index is -1.52. The van der Waals surface area contributed by atoms with Crippen molar-refractivity contribution in [3.05, 3.63) is 46.1 Å². The Bertz CT molecular complexity index is 558. The molecule has 1 aliphatic rings. The Labute approximate surface area is 131 Å². The third-order valence-electron chi connectivity index (χ3n) is 3.37. The van der Waals surface area contributed by atoms with Crippen LogP contribution in [-0.2, 0) is 4.74 Å². The summed E-state index contributed by atoms with van der Waals surface area (Å²) in [5.74, 6) is 0.285. The molecule has 1 fully saturated rings. The molecule has 23 heavy (non-hydrogen) atoms. The van der Waals surface area contributed by atoms with Gasteiger partial charge in [-0.25, -0.2) is 0 Å². The molecule has 9 nitrogen and oxygen atoms in total. The van der Waals surface area contributed by atoms with Crippen molar-refractivity contribution in [2.45, 2.75) is 30.7 Å². The first kappa shape index (κ1) is 17.3. The molecule has 0 amide bonds. The molecule has 0 bridgehead atoms. The number of aliphatic hydroxyl groups excluding tert-OH is 4. The van der Waals surface area contributed by atoms with Gasteiger partial charge in [-0.05, 0) is 17.7 Å². The largest absolute Gasteiger partial charge is 0.462 e. The van der Waals surface area contributed by atoms with E-state index >= 15 is 0 Å². The van der Waals surface area contributed by atoms with Crippen LogP contribution < -0.4 is 4.74 Å². The SMILES string of the molecule is O=[N+]([O-])C=Cc1ccc(O[C@@H]2O[C@H](CO)[C@H](O)[C@H](O)[C@H]2O)cc1. The predicted molar refractivity (Wildman–Crippen MR) is 76.9 cm³/mol. The highest BCUT2D eigenvalue weighted by molar-refractivity contribution is 5.49. The van der Waals surface area contributed by atoms with E-state index in [2.05, 4.69) is 0 Å².